The quantitative estimate of drug-likeness (QED) is 0.604. The van der Waals surface area contributed by atoms with Crippen molar-refractivity contribution in [1.82, 2.24) is 0 Å². The van der Waals surface area contributed by atoms with Crippen molar-refractivity contribution < 1.29 is 39.5 Å². The fraction of sp³-hybridized carbons (Fsp3) is 0.0625. The maximum Gasteiger partial charge on any atom is 1.00 e. The van der Waals surface area contributed by atoms with Crippen LogP contribution in [0.4, 0.5) is 0 Å². The Morgan fingerprint density at radius 3 is 2.50 bits per heavy atom. The van der Waals surface area contributed by atoms with E-state index in [0.29, 0.717) is 0 Å². The Hall–Kier alpha value is -1.000. The van der Waals surface area contributed by atoms with E-state index in [4.69, 9.17) is 0 Å². The number of hydrogen-bond donors (Lipinski definition) is 0. The van der Waals surface area contributed by atoms with Crippen molar-refractivity contribution in [2.75, 3.05) is 0 Å². The van der Waals surface area contributed by atoms with E-state index in [9.17, 15) is 9.90 Å². The molecule has 0 N–H and O–H groups in total. The molecular formula is C16H11NaO2S. The Morgan fingerprint density at radius 1 is 1.00 bits per heavy atom. The van der Waals surface area contributed by atoms with Gasteiger partial charge in [0.15, 0.2) is 0 Å². The fourth-order valence-electron chi connectivity index (χ4n) is 2.11. The summed E-state index contributed by atoms with van der Waals surface area (Å²) in [7, 11) is 0. The average Bonchev–Trinajstić information content (AvgIpc) is 2.57. The summed E-state index contributed by atoms with van der Waals surface area (Å²) in [6, 6.07) is 14.0. The summed E-state index contributed by atoms with van der Waals surface area (Å²) in [6.45, 7) is 0. The first kappa shape index (κ1) is 15.4. The van der Waals surface area contributed by atoms with Crippen LogP contribution in [-0.2, 0) is 11.2 Å². The molecule has 0 bridgehead atoms. The Labute approximate surface area is 144 Å². The van der Waals surface area contributed by atoms with Crippen LogP contribution < -0.4 is 34.7 Å². The molecule has 3 rings (SSSR count). The molecule has 1 aliphatic rings. The van der Waals surface area contributed by atoms with Crippen LogP contribution in [-0.4, -0.2) is 5.97 Å². The van der Waals surface area contributed by atoms with Crippen molar-refractivity contribution in [3.05, 3.63) is 59.2 Å². The Morgan fingerprint density at radius 2 is 1.70 bits per heavy atom. The molecule has 4 heteroatoms. The first-order valence-corrected chi connectivity index (χ1v) is 6.82. The number of rotatable bonds is 2. The van der Waals surface area contributed by atoms with Gasteiger partial charge in [-0.3, -0.25) is 0 Å². The van der Waals surface area contributed by atoms with Crippen LogP contribution in [0.3, 0.4) is 0 Å². The van der Waals surface area contributed by atoms with Gasteiger partial charge in [-0.2, -0.15) is 0 Å². The summed E-state index contributed by atoms with van der Waals surface area (Å²) in [4.78, 5) is 13.0. The molecule has 0 amide bonds. The summed E-state index contributed by atoms with van der Waals surface area (Å²) in [6.07, 6.45) is 4.06. The molecular weight excluding hydrogens is 279 g/mol. The van der Waals surface area contributed by atoms with Gasteiger partial charge in [0, 0.05) is 22.2 Å². The summed E-state index contributed by atoms with van der Waals surface area (Å²) in [5.41, 5.74) is 3.01. The Bertz CT molecular complexity index is 680. The van der Waals surface area contributed by atoms with Gasteiger partial charge in [0.2, 0.25) is 0 Å². The van der Waals surface area contributed by atoms with E-state index in [1.807, 2.05) is 36.4 Å². The number of fused-ring (bicyclic) bond motifs is 2. The second kappa shape index (κ2) is 6.64. The van der Waals surface area contributed by atoms with E-state index in [-0.39, 0.29) is 36.0 Å². The van der Waals surface area contributed by atoms with Gasteiger partial charge in [-0.25, -0.2) is 0 Å². The number of carboxylic acid groups (broad SMARTS) is 1. The van der Waals surface area contributed by atoms with Crippen molar-refractivity contribution in [3.8, 4) is 0 Å². The largest absolute Gasteiger partial charge is 1.00 e. The van der Waals surface area contributed by atoms with Crippen molar-refractivity contribution >= 4 is 29.9 Å². The maximum absolute atomic E-state index is 10.6. The van der Waals surface area contributed by atoms with Crippen LogP contribution in [0.15, 0.2) is 52.3 Å². The van der Waals surface area contributed by atoms with E-state index < -0.39 is 5.97 Å². The van der Waals surface area contributed by atoms with Gasteiger partial charge in [0.05, 0.1) is 0 Å². The van der Waals surface area contributed by atoms with Crippen molar-refractivity contribution in [2.45, 2.75) is 16.2 Å². The van der Waals surface area contributed by atoms with E-state index in [1.54, 1.807) is 11.8 Å². The third-order valence-electron chi connectivity index (χ3n) is 3.00. The smallest absolute Gasteiger partial charge is 0.550 e. The minimum atomic E-state index is -1.05. The van der Waals surface area contributed by atoms with Gasteiger partial charge in [-0.05, 0) is 28.8 Å². The molecule has 20 heavy (non-hydrogen) atoms. The number of carbonyl (C=O) groups excluding carboxylic acids is 1. The summed E-state index contributed by atoms with van der Waals surface area (Å²) < 4.78 is 0. The minimum absolute atomic E-state index is 0. The minimum Gasteiger partial charge on any atom is -0.550 e. The molecule has 0 fully saturated rings. The van der Waals surface area contributed by atoms with Crippen LogP contribution in [0.5, 0.6) is 0 Å². The molecule has 1 aliphatic heterocycles. The van der Waals surface area contributed by atoms with Gasteiger partial charge >= 0.3 is 29.6 Å². The normalized spacial score (nSPS) is 11.8. The van der Waals surface area contributed by atoms with Crippen LogP contribution >= 0.6 is 11.8 Å². The number of aliphatic carboxylic acids is 1. The molecule has 0 radical (unpaired) electrons. The molecule has 0 unspecified atom stereocenters. The summed E-state index contributed by atoms with van der Waals surface area (Å²) in [5, 5.41) is 10.6. The summed E-state index contributed by atoms with van der Waals surface area (Å²) in [5.74, 6) is -1.05. The monoisotopic (exact) mass is 290 g/mol. The first-order chi connectivity index (χ1) is 9.22. The Kier molecular flexibility index (Phi) is 5.11. The molecule has 0 aromatic heterocycles. The molecule has 0 saturated heterocycles. The third kappa shape index (κ3) is 3.36. The molecule has 2 nitrogen and oxygen atoms in total. The molecule has 0 spiro atoms. The molecule has 1 heterocycles. The first-order valence-electron chi connectivity index (χ1n) is 6.00. The zero-order valence-electron chi connectivity index (χ0n) is 11.1. The number of benzene rings is 2. The zero-order valence-corrected chi connectivity index (χ0v) is 13.9. The van der Waals surface area contributed by atoms with Gasteiger partial charge in [0.1, 0.15) is 0 Å². The second-order valence-electron chi connectivity index (χ2n) is 4.39. The topological polar surface area (TPSA) is 40.1 Å². The zero-order chi connectivity index (χ0) is 13.2. The molecule has 0 saturated carbocycles. The van der Waals surface area contributed by atoms with E-state index >= 15 is 0 Å². The van der Waals surface area contributed by atoms with Gasteiger partial charge in [-0.1, -0.05) is 54.2 Å². The number of carbonyl (C=O) groups is 1. The van der Waals surface area contributed by atoms with Crippen LogP contribution in [0.2, 0.25) is 0 Å². The van der Waals surface area contributed by atoms with Crippen LogP contribution in [0.1, 0.15) is 16.7 Å². The molecule has 0 atom stereocenters. The second-order valence-corrected chi connectivity index (χ2v) is 5.48. The predicted molar refractivity (Wildman–Crippen MR) is 74.6 cm³/mol. The molecule has 2 aromatic rings. The van der Waals surface area contributed by atoms with Gasteiger partial charge in [-0.15, -0.1) is 0 Å². The number of carboxylic acids is 1. The van der Waals surface area contributed by atoms with E-state index in [1.165, 1.54) is 10.5 Å². The molecule has 2 aromatic carbocycles. The van der Waals surface area contributed by atoms with E-state index in [2.05, 4.69) is 18.2 Å². The van der Waals surface area contributed by atoms with Crippen LogP contribution in [0.25, 0.3) is 12.2 Å². The maximum atomic E-state index is 10.6. The van der Waals surface area contributed by atoms with Crippen molar-refractivity contribution in [2.24, 2.45) is 0 Å². The molecule has 0 aliphatic carbocycles. The third-order valence-corrected chi connectivity index (χ3v) is 4.19. The van der Waals surface area contributed by atoms with Crippen molar-refractivity contribution in [1.29, 1.82) is 0 Å². The van der Waals surface area contributed by atoms with Crippen molar-refractivity contribution in [3.63, 3.8) is 0 Å². The average molecular weight is 290 g/mol. The standard InChI is InChI=1S/C16H12O2S.Na/c17-16(18)10-11-5-8-15-13(9-11)7-6-12-3-1-2-4-14(12)19-15;/h1-9H,10H2,(H,17,18);/q;+1/p-1. The van der Waals surface area contributed by atoms with Gasteiger partial charge < -0.3 is 9.90 Å². The van der Waals surface area contributed by atoms with Crippen LogP contribution in [0, 0.1) is 0 Å². The predicted octanol–water partition coefficient (Wildman–Crippen LogP) is -0.382. The van der Waals surface area contributed by atoms with Gasteiger partial charge in [0.25, 0.3) is 0 Å². The number of hydrogen-bond acceptors (Lipinski definition) is 3. The Balaban J connectivity index is 0.00000147. The SMILES string of the molecule is O=C([O-])Cc1ccc2c(c1)C=Cc1ccccc1S2.[Na+]. The summed E-state index contributed by atoms with van der Waals surface area (Å²) >= 11 is 1.71. The van der Waals surface area contributed by atoms with E-state index in [0.717, 1.165) is 16.0 Å². The fourth-order valence-corrected chi connectivity index (χ4v) is 3.13. The molecule has 94 valence electrons.